The van der Waals surface area contributed by atoms with Crippen molar-refractivity contribution < 1.29 is 4.79 Å². The Morgan fingerprint density at radius 3 is 2.50 bits per heavy atom. The Bertz CT molecular complexity index is 1250. The summed E-state index contributed by atoms with van der Waals surface area (Å²) in [6, 6.07) is 15.6. The van der Waals surface area contributed by atoms with Gasteiger partial charge in [0.25, 0.3) is 5.91 Å². The first-order valence-electron chi connectivity index (χ1n) is 10.7. The molecule has 1 amide bonds. The molecule has 4 heterocycles. The highest BCUT2D eigenvalue weighted by atomic mass is 35.5. The molecule has 0 bridgehead atoms. The van der Waals surface area contributed by atoms with Gasteiger partial charge in [-0.15, -0.1) is 0 Å². The van der Waals surface area contributed by atoms with E-state index in [4.69, 9.17) is 16.6 Å². The number of benzene rings is 1. The Hall–Kier alpha value is -3.45. The van der Waals surface area contributed by atoms with Gasteiger partial charge < -0.3 is 9.80 Å². The average Bonchev–Trinajstić information content (AvgIpc) is 3.27. The van der Waals surface area contributed by atoms with E-state index in [2.05, 4.69) is 15.0 Å². The molecule has 1 fully saturated rings. The van der Waals surface area contributed by atoms with Crippen LogP contribution in [0.4, 0.5) is 5.82 Å². The van der Waals surface area contributed by atoms with E-state index in [1.165, 1.54) is 0 Å². The van der Waals surface area contributed by atoms with Crippen molar-refractivity contribution >= 4 is 34.4 Å². The third-order valence-electron chi connectivity index (χ3n) is 5.81. The lowest BCUT2D eigenvalue weighted by Crippen LogP contribution is -2.49. The SMILES string of the molecule is CCn1ncc2c(C(=O)N3CCN(c4ccc(Cl)cn4)CC3)cc(-c3ccccc3)nc21. The third kappa shape index (κ3) is 3.80. The molecule has 0 N–H and O–H groups in total. The molecule has 1 aliphatic heterocycles. The van der Waals surface area contributed by atoms with Gasteiger partial charge >= 0.3 is 0 Å². The Kier molecular flexibility index (Phi) is 5.49. The van der Waals surface area contributed by atoms with Crippen LogP contribution in [0.2, 0.25) is 5.02 Å². The highest BCUT2D eigenvalue weighted by Crippen LogP contribution is 2.26. The van der Waals surface area contributed by atoms with E-state index in [1.807, 2.05) is 65.0 Å². The molecule has 162 valence electrons. The van der Waals surface area contributed by atoms with Gasteiger partial charge in [-0.05, 0) is 25.1 Å². The van der Waals surface area contributed by atoms with Crippen molar-refractivity contribution in [2.75, 3.05) is 31.1 Å². The number of aryl methyl sites for hydroxylation is 1. The number of carbonyl (C=O) groups excluding carboxylic acids is 1. The summed E-state index contributed by atoms with van der Waals surface area (Å²) >= 11 is 5.95. The fourth-order valence-corrected chi connectivity index (χ4v) is 4.19. The molecule has 0 aliphatic carbocycles. The smallest absolute Gasteiger partial charge is 0.254 e. The van der Waals surface area contributed by atoms with Crippen LogP contribution in [0.1, 0.15) is 17.3 Å². The normalized spacial score (nSPS) is 14.2. The number of nitrogens with zero attached hydrogens (tertiary/aromatic N) is 6. The molecule has 1 aliphatic rings. The molecule has 32 heavy (non-hydrogen) atoms. The van der Waals surface area contributed by atoms with Crippen molar-refractivity contribution in [3.05, 3.63) is 71.5 Å². The van der Waals surface area contributed by atoms with Gasteiger partial charge in [0.1, 0.15) is 5.82 Å². The first-order chi connectivity index (χ1) is 15.6. The maximum absolute atomic E-state index is 13.6. The number of amides is 1. The van der Waals surface area contributed by atoms with E-state index in [0.29, 0.717) is 43.3 Å². The minimum Gasteiger partial charge on any atom is -0.353 e. The predicted molar refractivity (Wildman–Crippen MR) is 126 cm³/mol. The maximum atomic E-state index is 13.6. The zero-order valence-electron chi connectivity index (χ0n) is 17.8. The average molecular weight is 447 g/mol. The number of anilines is 1. The molecule has 0 atom stereocenters. The summed E-state index contributed by atoms with van der Waals surface area (Å²) in [7, 11) is 0. The van der Waals surface area contributed by atoms with Crippen molar-refractivity contribution in [1.82, 2.24) is 24.6 Å². The van der Waals surface area contributed by atoms with Gasteiger partial charge in [0.05, 0.1) is 27.9 Å². The fraction of sp³-hybridized carbons (Fsp3) is 0.250. The Morgan fingerprint density at radius 2 is 1.81 bits per heavy atom. The van der Waals surface area contributed by atoms with Gasteiger partial charge in [-0.2, -0.15) is 5.10 Å². The van der Waals surface area contributed by atoms with Crippen LogP contribution < -0.4 is 4.90 Å². The molecule has 3 aromatic heterocycles. The van der Waals surface area contributed by atoms with Crippen LogP contribution in [0.25, 0.3) is 22.3 Å². The molecule has 0 radical (unpaired) electrons. The van der Waals surface area contributed by atoms with Gasteiger partial charge in [0.2, 0.25) is 0 Å². The van der Waals surface area contributed by atoms with Gasteiger partial charge in [-0.1, -0.05) is 41.9 Å². The molecule has 0 spiro atoms. The minimum atomic E-state index is 0.00829. The molecule has 0 saturated carbocycles. The number of carbonyl (C=O) groups is 1. The maximum Gasteiger partial charge on any atom is 0.254 e. The summed E-state index contributed by atoms with van der Waals surface area (Å²) in [6.45, 7) is 5.39. The molecule has 1 aromatic carbocycles. The van der Waals surface area contributed by atoms with Gasteiger partial charge in [0, 0.05) is 44.5 Å². The van der Waals surface area contributed by atoms with Crippen LogP contribution in [0.5, 0.6) is 0 Å². The highest BCUT2D eigenvalue weighted by molar-refractivity contribution is 6.30. The van der Waals surface area contributed by atoms with Crippen LogP contribution in [-0.4, -0.2) is 56.7 Å². The summed E-state index contributed by atoms with van der Waals surface area (Å²) < 4.78 is 1.84. The van der Waals surface area contributed by atoms with Gasteiger partial charge in [-0.25, -0.2) is 14.6 Å². The number of piperazine rings is 1. The Balaban J connectivity index is 1.44. The number of hydrogen-bond acceptors (Lipinski definition) is 5. The Morgan fingerprint density at radius 1 is 1.03 bits per heavy atom. The summed E-state index contributed by atoms with van der Waals surface area (Å²) in [4.78, 5) is 26.9. The number of fused-ring (bicyclic) bond motifs is 1. The second kappa shape index (κ2) is 8.59. The predicted octanol–water partition coefficient (Wildman–Crippen LogP) is 4.13. The van der Waals surface area contributed by atoms with Crippen molar-refractivity contribution in [2.45, 2.75) is 13.5 Å². The summed E-state index contributed by atoms with van der Waals surface area (Å²) in [5.41, 5.74) is 3.14. The lowest BCUT2D eigenvalue weighted by atomic mass is 10.1. The van der Waals surface area contributed by atoms with Crippen LogP contribution in [-0.2, 0) is 6.54 Å². The second-order valence-corrected chi connectivity index (χ2v) is 8.17. The standard InChI is InChI=1S/C24H23ClN6O/c1-2-31-23-20(16-27-31)19(14-21(28-23)17-6-4-3-5-7-17)24(32)30-12-10-29(11-13-30)22-9-8-18(25)15-26-22/h3-9,14-16H,2,10-13H2,1H3. The van der Waals surface area contributed by atoms with Crippen LogP contribution in [0.3, 0.4) is 0 Å². The van der Waals surface area contributed by atoms with Crippen molar-refractivity contribution in [3.8, 4) is 11.3 Å². The van der Waals surface area contributed by atoms with Crippen molar-refractivity contribution in [2.24, 2.45) is 0 Å². The topological polar surface area (TPSA) is 67.2 Å². The zero-order valence-corrected chi connectivity index (χ0v) is 18.5. The Labute approximate surface area is 191 Å². The van der Waals surface area contributed by atoms with Crippen LogP contribution >= 0.6 is 11.6 Å². The molecule has 5 rings (SSSR count). The van der Waals surface area contributed by atoms with E-state index in [0.717, 1.165) is 28.1 Å². The van der Waals surface area contributed by atoms with E-state index < -0.39 is 0 Å². The number of aromatic nitrogens is 4. The van der Waals surface area contributed by atoms with Gasteiger partial charge in [-0.3, -0.25) is 4.79 Å². The summed E-state index contributed by atoms with van der Waals surface area (Å²) in [5, 5.41) is 5.86. The lowest BCUT2D eigenvalue weighted by molar-refractivity contribution is 0.0748. The zero-order chi connectivity index (χ0) is 22.1. The van der Waals surface area contributed by atoms with Crippen LogP contribution in [0, 0.1) is 0 Å². The highest BCUT2D eigenvalue weighted by Gasteiger charge is 2.26. The van der Waals surface area contributed by atoms with E-state index in [1.54, 1.807) is 12.4 Å². The number of rotatable bonds is 4. The number of halogens is 1. The molecular weight excluding hydrogens is 424 g/mol. The lowest BCUT2D eigenvalue weighted by Gasteiger charge is -2.35. The summed E-state index contributed by atoms with van der Waals surface area (Å²) in [5.74, 6) is 0.886. The number of pyridine rings is 2. The van der Waals surface area contributed by atoms with E-state index >= 15 is 0 Å². The third-order valence-corrected chi connectivity index (χ3v) is 6.03. The molecule has 0 unspecified atom stereocenters. The molecule has 4 aromatic rings. The first kappa shape index (κ1) is 20.5. The molecule has 8 heteroatoms. The minimum absolute atomic E-state index is 0.00829. The number of hydrogen-bond donors (Lipinski definition) is 0. The molecular formula is C24H23ClN6O. The molecule has 7 nitrogen and oxygen atoms in total. The molecule has 1 saturated heterocycles. The van der Waals surface area contributed by atoms with E-state index in [9.17, 15) is 4.79 Å². The van der Waals surface area contributed by atoms with Crippen LogP contribution in [0.15, 0.2) is 60.9 Å². The first-order valence-corrected chi connectivity index (χ1v) is 11.1. The summed E-state index contributed by atoms with van der Waals surface area (Å²) in [6.07, 6.45) is 3.40. The van der Waals surface area contributed by atoms with Gasteiger partial charge in [0.15, 0.2) is 5.65 Å². The van der Waals surface area contributed by atoms with Crippen molar-refractivity contribution in [1.29, 1.82) is 0 Å². The van der Waals surface area contributed by atoms with E-state index in [-0.39, 0.29) is 5.91 Å². The monoisotopic (exact) mass is 446 g/mol. The quantitative estimate of drug-likeness (QED) is 0.471. The fourth-order valence-electron chi connectivity index (χ4n) is 4.08. The van der Waals surface area contributed by atoms with Crippen molar-refractivity contribution in [3.63, 3.8) is 0 Å². The largest absolute Gasteiger partial charge is 0.353 e. The second-order valence-electron chi connectivity index (χ2n) is 7.73.